The minimum atomic E-state index is -0.350. The van der Waals surface area contributed by atoms with Crippen LogP contribution >= 0.6 is 11.8 Å². The maximum absolute atomic E-state index is 11.9. The van der Waals surface area contributed by atoms with E-state index in [0.29, 0.717) is 18.6 Å². The van der Waals surface area contributed by atoms with E-state index in [1.807, 2.05) is 36.4 Å². The molecule has 6 heteroatoms. The summed E-state index contributed by atoms with van der Waals surface area (Å²) in [6, 6.07) is 16.2. The molecule has 2 aliphatic heterocycles. The molecule has 4 rings (SSSR count). The Labute approximate surface area is 162 Å². The van der Waals surface area contributed by atoms with Crippen LogP contribution in [0.1, 0.15) is 23.7 Å². The zero-order valence-electron chi connectivity index (χ0n) is 14.9. The molecule has 5 nitrogen and oxygen atoms in total. The van der Waals surface area contributed by atoms with Gasteiger partial charge < -0.3 is 18.9 Å². The van der Waals surface area contributed by atoms with Gasteiger partial charge in [0.2, 0.25) is 6.79 Å². The van der Waals surface area contributed by atoms with Gasteiger partial charge >= 0.3 is 5.97 Å². The molecular weight excluding hydrogens is 364 g/mol. The molecule has 2 aromatic carbocycles. The number of ether oxygens (including phenoxy) is 4. The average molecular weight is 384 g/mol. The molecule has 2 atom stereocenters. The van der Waals surface area contributed by atoms with Gasteiger partial charge in [-0.15, -0.1) is 11.8 Å². The molecule has 27 heavy (non-hydrogen) atoms. The Morgan fingerprint density at radius 2 is 1.96 bits per heavy atom. The molecule has 0 saturated carbocycles. The van der Waals surface area contributed by atoms with Crippen molar-refractivity contribution in [3.05, 3.63) is 65.9 Å². The van der Waals surface area contributed by atoms with Gasteiger partial charge in [-0.3, -0.25) is 0 Å². The summed E-state index contributed by atoms with van der Waals surface area (Å²) in [7, 11) is 1.58. The van der Waals surface area contributed by atoms with Gasteiger partial charge in [0.25, 0.3) is 0 Å². The number of benzene rings is 2. The van der Waals surface area contributed by atoms with Crippen molar-refractivity contribution >= 4 is 17.7 Å². The van der Waals surface area contributed by atoms with E-state index in [0.717, 1.165) is 22.0 Å². The van der Waals surface area contributed by atoms with Crippen molar-refractivity contribution in [2.45, 2.75) is 29.1 Å². The van der Waals surface area contributed by atoms with E-state index in [4.69, 9.17) is 18.9 Å². The number of hydrogen-bond acceptors (Lipinski definition) is 6. The van der Waals surface area contributed by atoms with Crippen LogP contribution in [0, 0.1) is 0 Å². The van der Waals surface area contributed by atoms with Crippen LogP contribution in [0.5, 0.6) is 11.5 Å². The van der Waals surface area contributed by atoms with Crippen LogP contribution in [0.25, 0.3) is 0 Å². The smallest absolute Gasteiger partial charge is 0.334 e. The van der Waals surface area contributed by atoms with Crippen LogP contribution in [-0.4, -0.2) is 26.0 Å². The predicted molar refractivity (Wildman–Crippen MR) is 102 cm³/mol. The molecule has 1 unspecified atom stereocenters. The Morgan fingerprint density at radius 3 is 2.78 bits per heavy atom. The Hall–Kier alpha value is -2.60. The number of fused-ring (bicyclic) bond motifs is 1. The number of carbonyl (C=O) groups excluding carboxylic acids is 1. The summed E-state index contributed by atoms with van der Waals surface area (Å²) in [5.74, 6) is 1.82. The highest BCUT2D eigenvalue weighted by Gasteiger charge is 2.28. The van der Waals surface area contributed by atoms with Crippen LogP contribution in [0.3, 0.4) is 0 Å². The zero-order chi connectivity index (χ0) is 18.6. The maximum atomic E-state index is 11.9. The Morgan fingerprint density at radius 1 is 1.15 bits per heavy atom. The minimum Gasteiger partial charge on any atom is -0.501 e. The average Bonchev–Trinajstić information content (AvgIpc) is 3.15. The highest BCUT2D eigenvalue weighted by molar-refractivity contribution is 7.99. The molecule has 0 aromatic heterocycles. The van der Waals surface area contributed by atoms with Crippen molar-refractivity contribution < 1.29 is 23.7 Å². The molecule has 0 N–H and O–H groups in total. The number of cyclic esters (lactones) is 1. The summed E-state index contributed by atoms with van der Waals surface area (Å²) in [5.41, 5.74) is 1.11. The normalized spacial score (nSPS) is 19.2. The summed E-state index contributed by atoms with van der Waals surface area (Å²) in [6.07, 6.45) is 2.44. The number of hydrogen-bond donors (Lipinski definition) is 0. The minimum absolute atomic E-state index is 0.0934. The maximum Gasteiger partial charge on any atom is 0.334 e. The van der Waals surface area contributed by atoms with Gasteiger partial charge in [-0.05, 0) is 29.8 Å². The van der Waals surface area contributed by atoms with E-state index in [-0.39, 0.29) is 24.1 Å². The fourth-order valence-electron chi connectivity index (χ4n) is 3.20. The van der Waals surface area contributed by atoms with Gasteiger partial charge in [0.1, 0.15) is 11.9 Å². The molecular formula is C21H20O5S. The van der Waals surface area contributed by atoms with Crippen molar-refractivity contribution in [2.24, 2.45) is 0 Å². The molecule has 0 aliphatic carbocycles. The number of thioether (sulfide) groups is 1. The SMILES string of the molecule is COC1=CC(=O)O[C@@H](CC(Sc2ccccc2)c2ccc3c(c2)OCO3)C1. The van der Waals surface area contributed by atoms with E-state index in [1.165, 1.54) is 6.08 Å². The van der Waals surface area contributed by atoms with Gasteiger partial charge in [0.05, 0.1) is 13.2 Å². The van der Waals surface area contributed by atoms with Crippen LogP contribution in [-0.2, 0) is 14.3 Å². The molecule has 0 fully saturated rings. The number of esters is 1. The standard InChI is InChI=1S/C21H20O5S/c1-23-15-10-16(26-21(22)12-15)11-20(27-17-5-3-2-4-6-17)14-7-8-18-19(9-14)25-13-24-18/h2-9,12,16,20H,10-11,13H2,1H3/t16-,20?/m1/s1. The lowest BCUT2D eigenvalue weighted by molar-refractivity contribution is -0.145. The first-order valence-corrected chi connectivity index (χ1v) is 9.65. The molecule has 2 aliphatic rings. The highest BCUT2D eigenvalue weighted by Crippen LogP contribution is 2.43. The van der Waals surface area contributed by atoms with E-state index in [1.54, 1.807) is 18.9 Å². The van der Waals surface area contributed by atoms with Crippen molar-refractivity contribution in [1.29, 1.82) is 0 Å². The Kier molecular flexibility index (Phi) is 5.25. The topological polar surface area (TPSA) is 54.0 Å². The predicted octanol–water partition coefficient (Wildman–Crippen LogP) is 4.48. The lowest BCUT2D eigenvalue weighted by Crippen LogP contribution is -2.24. The molecule has 0 radical (unpaired) electrons. The van der Waals surface area contributed by atoms with E-state index < -0.39 is 0 Å². The summed E-state index contributed by atoms with van der Waals surface area (Å²) in [4.78, 5) is 13.0. The third-order valence-corrected chi connectivity index (χ3v) is 5.81. The molecule has 140 valence electrons. The highest BCUT2D eigenvalue weighted by atomic mass is 32.2. The third kappa shape index (κ3) is 4.22. The van der Waals surface area contributed by atoms with Gasteiger partial charge in [-0.1, -0.05) is 24.3 Å². The molecule has 0 saturated heterocycles. The number of methoxy groups -OCH3 is 1. The van der Waals surface area contributed by atoms with Crippen LogP contribution in [0.15, 0.2) is 65.3 Å². The molecule has 2 heterocycles. The van der Waals surface area contributed by atoms with Gasteiger partial charge in [0.15, 0.2) is 11.5 Å². The summed E-state index contributed by atoms with van der Waals surface area (Å²) < 4.78 is 21.8. The first-order valence-electron chi connectivity index (χ1n) is 8.77. The zero-order valence-corrected chi connectivity index (χ0v) is 15.7. The first-order chi connectivity index (χ1) is 13.2. The monoisotopic (exact) mass is 384 g/mol. The second-order valence-corrected chi connectivity index (χ2v) is 7.62. The van der Waals surface area contributed by atoms with Crippen LogP contribution in [0.4, 0.5) is 0 Å². The fraction of sp³-hybridized carbons (Fsp3) is 0.286. The van der Waals surface area contributed by atoms with Crippen molar-refractivity contribution in [2.75, 3.05) is 13.9 Å². The van der Waals surface area contributed by atoms with E-state index in [9.17, 15) is 4.79 Å². The van der Waals surface area contributed by atoms with Crippen molar-refractivity contribution in [3.63, 3.8) is 0 Å². The number of rotatable bonds is 6. The summed E-state index contributed by atoms with van der Waals surface area (Å²) in [6.45, 7) is 0.248. The molecule has 2 aromatic rings. The van der Waals surface area contributed by atoms with Crippen LogP contribution in [0.2, 0.25) is 0 Å². The lowest BCUT2D eigenvalue weighted by atomic mass is 10.0. The molecule has 0 spiro atoms. The van der Waals surface area contributed by atoms with Crippen molar-refractivity contribution in [1.82, 2.24) is 0 Å². The largest absolute Gasteiger partial charge is 0.501 e. The van der Waals surface area contributed by atoms with Gasteiger partial charge in [0, 0.05) is 23.0 Å². The summed E-state index contributed by atoms with van der Waals surface area (Å²) >= 11 is 1.74. The van der Waals surface area contributed by atoms with Gasteiger partial charge in [-0.25, -0.2) is 4.79 Å². The van der Waals surface area contributed by atoms with E-state index >= 15 is 0 Å². The fourth-order valence-corrected chi connectivity index (χ4v) is 4.43. The quantitative estimate of drug-likeness (QED) is 0.540. The van der Waals surface area contributed by atoms with Crippen molar-refractivity contribution in [3.8, 4) is 11.5 Å². The second kappa shape index (κ2) is 7.96. The van der Waals surface area contributed by atoms with E-state index in [2.05, 4.69) is 12.1 Å². The third-order valence-electron chi connectivity index (χ3n) is 4.52. The molecule has 0 bridgehead atoms. The van der Waals surface area contributed by atoms with Gasteiger partial charge in [-0.2, -0.15) is 0 Å². The second-order valence-electron chi connectivity index (χ2n) is 6.35. The Balaban J connectivity index is 1.58. The Bertz CT molecular complexity index is 849. The number of carbonyl (C=O) groups is 1. The first kappa shape index (κ1) is 17.8. The summed E-state index contributed by atoms with van der Waals surface area (Å²) in [5, 5.41) is 0.0934. The lowest BCUT2D eigenvalue weighted by Gasteiger charge is -2.26. The van der Waals surface area contributed by atoms with Crippen LogP contribution < -0.4 is 9.47 Å². The molecule has 0 amide bonds.